The summed E-state index contributed by atoms with van der Waals surface area (Å²) in [7, 11) is 0. The molecule has 2 atom stereocenters. The highest BCUT2D eigenvalue weighted by molar-refractivity contribution is 6.09. The van der Waals surface area contributed by atoms with E-state index in [2.05, 4.69) is 10.6 Å². The van der Waals surface area contributed by atoms with E-state index in [0.717, 1.165) is 27.5 Å². The molecular formula is C32H37N3O5. The van der Waals surface area contributed by atoms with E-state index in [4.69, 9.17) is 14.5 Å². The molecule has 0 radical (unpaired) electrons. The number of fused-ring (bicyclic) bond motifs is 2. The van der Waals surface area contributed by atoms with Gasteiger partial charge in [0.1, 0.15) is 6.04 Å². The Labute approximate surface area is 234 Å². The molecule has 1 aromatic heterocycles. The smallest absolute Gasteiger partial charge is 0.328 e. The first-order valence-electron chi connectivity index (χ1n) is 13.9. The zero-order valence-electron chi connectivity index (χ0n) is 23.5. The first-order chi connectivity index (χ1) is 19.4. The summed E-state index contributed by atoms with van der Waals surface area (Å²) in [6.45, 7) is 7.64. The molecule has 0 aliphatic rings. The third kappa shape index (κ3) is 6.02. The summed E-state index contributed by atoms with van der Waals surface area (Å²) in [5, 5.41) is 19.0. The van der Waals surface area contributed by atoms with Crippen LogP contribution in [0.25, 0.3) is 21.8 Å². The van der Waals surface area contributed by atoms with Gasteiger partial charge < -0.3 is 25.2 Å². The van der Waals surface area contributed by atoms with E-state index < -0.39 is 12.0 Å². The molecule has 4 rings (SSSR count). The Morgan fingerprint density at radius 1 is 0.825 bits per heavy atom. The van der Waals surface area contributed by atoms with Crippen molar-refractivity contribution in [1.82, 2.24) is 4.98 Å². The van der Waals surface area contributed by atoms with Crippen molar-refractivity contribution in [3.63, 3.8) is 0 Å². The molecular weight excluding hydrogens is 506 g/mol. The summed E-state index contributed by atoms with van der Waals surface area (Å²) in [5.74, 6) is -1.37. The predicted octanol–water partition coefficient (Wildman–Crippen LogP) is 6.43. The molecule has 40 heavy (non-hydrogen) atoms. The normalized spacial score (nSPS) is 12.6. The molecule has 3 aromatic carbocycles. The van der Waals surface area contributed by atoms with Crippen molar-refractivity contribution in [2.75, 3.05) is 23.8 Å². The Bertz CT molecular complexity index is 1450. The quantitative estimate of drug-likeness (QED) is 0.138. The first kappa shape index (κ1) is 28.8. The largest absolute Gasteiger partial charge is 0.466 e. The second-order valence-electron chi connectivity index (χ2n) is 9.48. The van der Waals surface area contributed by atoms with Gasteiger partial charge in [0.15, 0.2) is 0 Å². The topological polar surface area (TPSA) is 110 Å². The number of pyridine rings is 1. The number of para-hydroxylation sites is 2. The van der Waals surface area contributed by atoms with Crippen molar-refractivity contribution in [1.29, 1.82) is 0 Å². The van der Waals surface area contributed by atoms with E-state index >= 15 is 0 Å². The number of aliphatic hydroxyl groups excluding tert-OH is 1. The number of ether oxygens (including phenoxy) is 2. The van der Waals surface area contributed by atoms with Gasteiger partial charge in [0, 0.05) is 27.7 Å². The van der Waals surface area contributed by atoms with Crippen LogP contribution in [0.3, 0.4) is 0 Å². The summed E-state index contributed by atoms with van der Waals surface area (Å²) in [5.41, 5.74) is 4.96. The van der Waals surface area contributed by atoms with E-state index in [1.807, 2.05) is 68.4 Å². The molecule has 0 amide bonds. The predicted molar refractivity (Wildman–Crippen MR) is 159 cm³/mol. The number of nitrogens with one attached hydrogen (secondary N) is 2. The molecule has 210 valence electrons. The number of anilines is 3. The summed E-state index contributed by atoms with van der Waals surface area (Å²) < 4.78 is 10.8. The number of esters is 2. The number of hydrogen-bond acceptors (Lipinski definition) is 8. The average Bonchev–Trinajstić information content (AvgIpc) is 2.97. The number of benzene rings is 3. The van der Waals surface area contributed by atoms with Crippen molar-refractivity contribution in [3.05, 3.63) is 71.8 Å². The Balaban J connectivity index is 1.97. The lowest BCUT2D eigenvalue weighted by Crippen LogP contribution is -2.32. The van der Waals surface area contributed by atoms with Crippen molar-refractivity contribution in [3.8, 4) is 0 Å². The molecule has 0 aliphatic carbocycles. The van der Waals surface area contributed by atoms with Gasteiger partial charge in [-0.2, -0.15) is 0 Å². The fourth-order valence-electron chi connectivity index (χ4n) is 5.00. The second-order valence-corrected chi connectivity index (χ2v) is 9.48. The Hall–Kier alpha value is -4.17. The lowest BCUT2D eigenvalue weighted by atomic mass is 9.90. The molecule has 0 saturated carbocycles. The third-order valence-electron chi connectivity index (χ3n) is 6.91. The van der Waals surface area contributed by atoms with Crippen LogP contribution >= 0.6 is 0 Å². The zero-order chi connectivity index (χ0) is 28.6. The first-order valence-corrected chi connectivity index (χ1v) is 13.9. The molecule has 3 N–H and O–H groups in total. The number of carbonyl (C=O) groups is 2. The van der Waals surface area contributed by atoms with Crippen LogP contribution in [-0.2, 0) is 25.7 Å². The fourth-order valence-corrected chi connectivity index (χ4v) is 5.00. The van der Waals surface area contributed by atoms with E-state index in [9.17, 15) is 14.7 Å². The Kier molecular flexibility index (Phi) is 9.56. The average molecular weight is 544 g/mol. The van der Waals surface area contributed by atoms with Crippen LogP contribution in [-0.4, -0.2) is 41.3 Å². The molecule has 4 aromatic rings. The van der Waals surface area contributed by atoms with Crippen molar-refractivity contribution < 1.29 is 24.2 Å². The molecule has 8 heteroatoms. The van der Waals surface area contributed by atoms with Gasteiger partial charge in [-0.25, -0.2) is 9.78 Å². The van der Waals surface area contributed by atoms with Crippen LogP contribution in [0, 0.1) is 0 Å². The Morgan fingerprint density at radius 3 is 1.95 bits per heavy atom. The number of rotatable bonds is 12. The van der Waals surface area contributed by atoms with Crippen molar-refractivity contribution in [2.45, 2.75) is 59.1 Å². The summed E-state index contributed by atoms with van der Waals surface area (Å²) in [6, 6.07) is 18.7. The number of hydrogen-bond donors (Lipinski definition) is 3. The monoisotopic (exact) mass is 543 g/mol. The number of nitrogens with zero attached hydrogens (tertiary/aromatic N) is 1. The van der Waals surface area contributed by atoms with Gasteiger partial charge in [-0.15, -0.1) is 0 Å². The van der Waals surface area contributed by atoms with Gasteiger partial charge in [-0.1, -0.05) is 50.2 Å². The summed E-state index contributed by atoms with van der Waals surface area (Å²) in [6.07, 6.45) is 0.939. The number of carbonyl (C=O) groups excluding carboxylic acids is 2. The van der Waals surface area contributed by atoms with Gasteiger partial charge >= 0.3 is 11.9 Å². The summed E-state index contributed by atoms with van der Waals surface area (Å²) >= 11 is 0. The third-order valence-corrected chi connectivity index (χ3v) is 6.91. The lowest BCUT2D eigenvalue weighted by molar-refractivity contribution is -0.145. The van der Waals surface area contributed by atoms with E-state index in [1.165, 1.54) is 0 Å². The second kappa shape index (κ2) is 13.3. The molecule has 1 heterocycles. The highest BCUT2D eigenvalue weighted by Crippen LogP contribution is 2.41. The number of aromatic nitrogens is 1. The fraction of sp³-hybridized carbons (Fsp3) is 0.344. The van der Waals surface area contributed by atoms with E-state index in [0.29, 0.717) is 35.3 Å². The minimum Gasteiger partial charge on any atom is -0.466 e. The van der Waals surface area contributed by atoms with Gasteiger partial charge in [-0.3, -0.25) is 4.79 Å². The molecule has 0 fully saturated rings. The molecule has 0 aliphatic heterocycles. The maximum atomic E-state index is 13.3. The van der Waals surface area contributed by atoms with Gasteiger partial charge in [0.25, 0.3) is 0 Å². The minimum atomic E-state index is -0.636. The van der Waals surface area contributed by atoms with Crippen LogP contribution in [0.4, 0.5) is 17.1 Å². The Morgan fingerprint density at radius 2 is 1.40 bits per heavy atom. The van der Waals surface area contributed by atoms with E-state index in [1.54, 1.807) is 19.9 Å². The van der Waals surface area contributed by atoms with Gasteiger partial charge in [0.05, 0.1) is 42.5 Å². The molecule has 0 bridgehead atoms. The van der Waals surface area contributed by atoms with Crippen LogP contribution in [0.1, 0.15) is 57.6 Å². The lowest BCUT2D eigenvalue weighted by Gasteiger charge is -2.27. The summed E-state index contributed by atoms with van der Waals surface area (Å²) in [4.78, 5) is 30.8. The standard InChI is InChI=1S/C32H37N3O5/c1-5-21(31(37)39-7-3)29-27(33-24(6-2)32(38)40-8-4)17-20(19-36)18-28(29)35-30-22-13-9-11-15-25(22)34-26-16-12-10-14-23(26)30/h9-18,21,24,33,36H,5-8,19H2,1-4H3,(H,34,35). The molecule has 8 nitrogen and oxygen atoms in total. The van der Waals surface area contributed by atoms with Gasteiger partial charge in [-0.05, 0) is 56.5 Å². The molecule has 0 spiro atoms. The van der Waals surface area contributed by atoms with Crippen LogP contribution in [0.5, 0.6) is 0 Å². The highest BCUT2D eigenvalue weighted by atomic mass is 16.5. The highest BCUT2D eigenvalue weighted by Gasteiger charge is 2.29. The SMILES string of the molecule is CCOC(=O)C(CC)Nc1cc(CO)cc(Nc2c3ccccc3nc3ccccc23)c1C(CC)C(=O)OCC. The minimum absolute atomic E-state index is 0.228. The number of aliphatic hydroxyl groups is 1. The maximum Gasteiger partial charge on any atom is 0.328 e. The van der Waals surface area contributed by atoms with Gasteiger partial charge in [0.2, 0.25) is 0 Å². The molecule has 0 saturated heterocycles. The van der Waals surface area contributed by atoms with Crippen molar-refractivity contribution >= 4 is 50.8 Å². The zero-order valence-corrected chi connectivity index (χ0v) is 23.5. The van der Waals surface area contributed by atoms with Crippen LogP contribution < -0.4 is 10.6 Å². The maximum absolute atomic E-state index is 13.3. The van der Waals surface area contributed by atoms with Crippen molar-refractivity contribution in [2.24, 2.45) is 0 Å². The molecule has 2 unspecified atom stereocenters. The van der Waals surface area contributed by atoms with Crippen LogP contribution in [0.2, 0.25) is 0 Å². The van der Waals surface area contributed by atoms with Crippen LogP contribution in [0.15, 0.2) is 60.7 Å². The van der Waals surface area contributed by atoms with E-state index in [-0.39, 0.29) is 31.8 Å².